The third-order valence-corrected chi connectivity index (χ3v) is 7.10. The minimum Gasteiger partial charge on any atom is -0.493 e. The van der Waals surface area contributed by atoms with Crippen LogP contribution in [-0.2, 0) is 9.53 Å². The highest BCUT2D eigenvalue weighted by Crippen LogP contribution is 2.46. The maximum absolute atomic E-state index is 13.8. The number of ketones is 1. The molecule has 0 heterocycles. The molecule has 2 aromatic carbocycles. The third-order valence-electron chi connectivity index (χ3n) is 7.10. The molecule has 0 saturated heterocycles. The van der Waals surface area contributed by atoms with Crippen molar-refractivity contribution >= 4 is 17.8 Å². The predicted molar refractivity (Wildman–Crippen MR) is 148 cm³/mol. The van der Waals surface area contributed by atoms with Crippen molar-refractivity contribution in [2.45, 2.75) is 71.1 Å². The van der Waals surface area contributed by atoms with Crippen molar-refractivity contribution in [2.75, 3.05) is 26.4 Å². The number of alkyl halides is 2. The summed E-state index contributed by atoms with van der Waals surface area (Å²) in [5.74, 6) is -4.41. The zero-order chi connectivity index (χ0) is 30.4. The van der Waals surface area contributed by atoms with Gasteiger partial charge in [0.15, 0.2) is 11.3 Å². The largest absolute Gasteiger partial charge is 0.493 e. The highest BCUT2D eigenvalue weighted by Gasteiger charge is 2.62. The second-order valence-corrected chi connectivity index (χ2v) is 10.1. The Kier molecular flexibility index (Phi) is 10.3. The molecule has 0 unspecified atom stereocenters. The number of hydrogen-bond donors (Lipinski definition) is 2. The van der Waals surface area contributed by atoms with E-state index in [1.54, 1.807) is 32.9 Å². The second-order valence-electron chi connectivity index (χ2n) is 10.1. The average molecular weight is 577 g/mol. The van der Waals surface area contributed by atoms with Crippen LogP contribution >= 0.6 is 0 Å². The van der Waals surface area contributed by atoms with Gasteiger partial charge in [-0.2, -0.15) is 0 Å². The first-order valence-corrected chi connectivity index (χ1v) is 13.6. The lowest BCUT2D eigenvalue weighted by Crippen LogP contribution is -2.68. The number of rotatable bonds is 14. The number of nitrogens with one attached hydrogen (secondary N) is 1. The van der Waals surface area contributed by atoms with Crippen LogP contribution in [0, 0.1) is 0 Å². The number of carboxylic acid groups (broad SMARTS) is 1. The predicted octanol–water partition coefficient (Wildman–Crippen LogP) is 5.79. The van der Waals surface area contributed by atoms with Crippen molar-refractivity contribution in [2.24, 2.45) is 0 Å². The maximum Gasteiger partial charge on any atom is 0.329 e. The van der Waals surface area contributed by atoms with Crippen LogP contribution in [0.5, 0.6) is 11.5 Å². The number of carboxylic acids is 1. The molecule has 41 heavy (non-hydrogen) atoms. The van der Waals surface area contributed by atoms with Gasteiger partial charge in [0.1, 0.15) is 17.1 Å². The molecule has 2 N–H and O–H groups in total. The van der Waals surface area contributed by atoms with Gasteiger partial charge < -0.3 is 29.5 Å². The summed E-state index contributed by atoms with van der Waals surface area (Å²) in [6.07, 6.45) is -2.29. The lowest BCUT2D eigenvalue weighted by molar-refractivity contribution is -0.175. The van der Waals surface area contributed by atoms with Crippen LogP contribution in [0.25, 0.3) is 0 Å². The van der Waals surface area contributed by atoms with Crippen molar-refractivity contribution < 1.29 is 42.5 Å². The summed E-state index contributed by atoms with van der Waals surface area (Å²) in [6, 6.07) is 11.2. The minimum atomic E-state index is -3.18. The average Bonchev–Trinajstić information content (AvgIpc) is 2.89. The molecule has 1 aliphatic carbocycles. The van der Waals surface area contributed by atoms with Gasteiger partial charge >= 0.3 is 12.0 Å². The Bertz CT molecular complexity index is 1200. The molecule has 1 saturated carbocycles. The molecule has 9 nitrogen and oxygen atoms in total. The molecule has 0 radical (unpaired) electrons. The second kappa shape index (κ2) is 13.3. The number of carbonyl (C=O) groups excluding carboxylic acids is 2. The van der Waals surface area contributed by atoms with E-state index >= 15 is 0 Å². The Morgan fingerprint density at radius 2 is 1.56 bits per heavy atom. The van der Waals surface area contributed by atoms with Crippen LogP contribution < -0.4 is 14.8 Å². The van der Waals surface area contributed by atoms with E-state index < -0.39 is 42.3 Å². The summed E-state index contributed by atoms with van der Waals surface area (Å²) < 4.78 is 44.9. The molecule has 3 rings (SSSR count). The quantitative estimate of drug-likeness (QED) is 0.274. The number of nitrogens with zero attached hydrogens (tertiary/aromatic N) is 1. The molecule has 0 bridgehead atoms. The monoisotopic (exact) mass is 576 g/mol. The lowest BCUT2D eigenvalue weighted by atomic mass is 9.73. The van der Waals surface area contributed by atoms with Crippen molar-refractivity contribution in [3.05, 3.63) is 59.2 Å². The van der Waals surface area contributed by atoms with Crippen molar-refractivity contribution in [1.82, 2.24) is 10.2 Å². The Morgan fingerprint density at radius 1 is 1.00 bits per heavy atom. The SMILES string of the molecule is CCOc1cc([C@@H](C)N(CCO[C@H](C)c2ccccc2)C(=O)NC2(C(=O)O)CC(F)(F)C2)cc(OCC)c1C(C)=O. The van der Waals surface area contributed by atoms with E-state index in [1.165, 1.54) is 11.8 Å². The van der Waals surface area contributed by atoms with E-state index in [2.05, 4.69) is 5.32 Å². The molecular weight excluding hydrogens is 538 g/mol. The number of Topliss-reactive ketones (excluding diaryl/α,β-unsaturated/α-hetero) is 1. The number of carbonyl (C=O) groups is 3. The smallest absolute Gasteiger partial charge is 0.329 e. The molecule has 2 aromatic rings. The van der Waals surface area contributed by atoms with E-state index in [9.17, 15) is 28.3 Å². The van der Waals surface area contributed by atoms with Crippen molar-refractivity contribution in [3.63, 3.8) is 0 Å². The number of aliphatic carboxylic acids is 1. The van der Waals surface area contributed by atoms with Gasteiger partial charge in [-0.1, -0.05) is 30.3 Å². The first-order valence-electron chi connectivity index (χ1n) is 13.6. The number of hydrogen-bond acceptors (Lipinski definition) is 6. The maximum atomic E-state index is 13.8. The summed E-state index contributed by atoms with van der Waals surface area (Å²) in [5.41, 5.74) is -0.346. The normalized spacial score (nSPS) is 16.6. The van der Waals surface area contributed by atoms with E-state index in [0.717, 1.165) is 5.56 Å². The van der Waals surface area contributed by atoms with Crippen LogP contribution in [-0.4, -0.2) is 65.6 Å². The van der Waals surface area contributed by atoms with Crippen LogP contribution in [0.3, 0.4) is 0 Å². The Hall–Kier alpha value is -3.73. The fourth-order valence-corrected chi connectivity index (χ4v) is 4.94. The number of ether oxygens (including phenoxy) is 3. The highest BCUT2D eigenvalue weighted by molar-refractivity contribution is 6.00. The Balaban J connectivity index is 1.94. The Morgan fingerprint density at radius 3 is 2.02 bits per heavy atom. The molecule has 224 valence electrons. The topological polar surface area (TPSA) is 114 Å². The van der Waals surface area contributed by atoms with Gasteiger partial charge in [0.25, 0.3) is 5.92 Å². The molecule has 1 aliphatic rings. The van der Waals surface area contributed by atoms with Crippen LogP contribution in [0.1, 0.15) is 81.1 Å². The summed E-state index contributed by atoms with van der Waals surface area (Å²) in [4.78, 5) is 39.2. The van der Waals surface area contributed by atoms with Crippen LogP contribution in [0.2, 0.25) is 0 Å². The molecule has 0 spiro atoms. The molecule has 0 aliphatic heterocycles. The molecule has 2 atom stereocenters. The van der Waals surface area contributed by atoms with Crippen LogP contribution in [0.15, 0.2) is 42.5 Å². The number of halogens is 2. The van der Waals surface area contributed by atoms with E-state index in [0.29, 0.717) is 5.56 Å². The zero-order valence-electron chi connectivity index (χ0n) is 24.0. The van der Waals surface area contributed by atoms with Gasteiger partial charge in [-0.3, -0.25) is 4.79 Å². The molecular formula is C30H38F2N2O7. The van der Waals surface area contributed by atoms with Gasteiger partial charge in [0.2, 0.25) is 0 Å². The van der Waals surface area contributed by atoms with Gasteiger partial charge in [-0.15, -0.1) is 0 Å². The first kappa shape index (κ1) is 31.8. The first-order chi connectivity index (χ1) is 19.3. The highest BCUT2D eigenvalue weighted by atomic mass is 19.3. The van der Waals surface area contributed by atoms with Crippen molar-refractivity contribution in [3.8, 4) is 11.5 Å². The van der Waals surface area contributed by atoms with E-state index in [1.807, 2.05) is 37.3 Å². The van der Waals surface area contributed by atoms with Gasteiger partial charge in [-0.25, -0.2) is 18.4 Å². The van der Waals surface area contributed by atoms with Crippen molar-refractivity contribution in [1.29, 1.82) is 0 Å². The number of urea groups is 1. The van der Waals surface area contributed by atoms with Crippen LogP contribution in [0.4, 0.5) is 13.6 Å². The minimum absolute atomic E-state index is 0.0126. The van der Waals surface area contributed by atoms with Gasteiger partial charge in [0.05, 0.1) is 32.0 Å². The molecule has 2 amide bonds. The standard InChI is InChI=1S/C30H38F2N2O7/c1-6-39-24-15-23(16-25(40-7-2)26(24)20(4)35)19(3)34(13-14-41-21(5)22-11-9-8-10-12-22)28(38)33-29(27(36)37)17-30(31,32)18-29/h8-12,15-16,19,21H,6-7,13-14,17-18H2,1-5H3,(H,33,38)(H,36,37)/t19-,21-/m1/s1. The molecule has 1 fully saturated rings. The summed E-state index contributed by atoms with van der Waals surface area (Å²) in [5, 5.41) is 12.0. The molecule has 11 heteroatoms. The summed E-state index contributed by atoms with van der Waals surface area (Å²) in [7, 11) is 0. The number of amides is 2. The fourth-order valence-electron chi connectivity index (χ4n) is 4.94. The van der Waals surface area contributed by atoms with E-state index in [4.69, 9.17) is 14.2 Å². The van der Waals surface area contributed by atoms with Gasteiger partial charge in [-0.05, 0) is 57.9 Å². The third kappa shape index (κ3) is 7.52. The van der Waals surface area contributed by atoms with E-state index in [-0.39, 0.29) is 55.3 Å². The molecule has 0 aromatic heterocycles. The van der Waals surface area contributed by atoms with Gasteiger partial charge in [0, 0.05) is 19.4 Å². The summed E-state index contributed by atoms with van der Waals surface area (Å²) >= 11 is 0. The fraction of sp³-hybridized carbons (Fsp3) is 0.500. The summed E-state index contributed by atoms with van der Waals surface area (Å²) in [6.45, 7) is 9.14. The lowest BCUT2D eigenvalue weighted by Gasteiger charge is -2.45. The zero-order valence-corrected chi connectivity index (χ0v) is 24.0. The Labute approximate surface area is 238 Å². The number of benzene rings is 2.